The van der Waals surface area contributed by atoms with Crippen molar-refractivity contribution in [2.24, 2.45) is 5.92 Å². The minimum atomic E-state index is -0.366. The summed E-state index contributed by atoms with van der Waals surface area (Å²) in [7, 11) is 1.39. The van der Waals surface area contributed by atoms with Crippen LogP contribution < -0.4 is 0 Å². The van der Waals surface area contributed by atoms with Crippen LogP contribution in [-0.4, -0.2) is 24.3 Å². The number of esters is 1. The third-order valence-electron chi connectivity index (χ3n) is 3.37. The first kappa shape index (κ1) is 17.4. The first-order valence-electron chi connectivity index (χ1n) is 7.37. The number of rotatable bonds is 11. The van der Waals surface area contributed by atoms with Crippen molar-refractivity contribution in [1.29, 1.82) is 0 Å². The molecule has 0 spiro atoms. The fraction of sp³-hybridized carbons (Fsp3) is 0.933. The normalized spacial score (nSPS) is 14.2. The van der Waals surface area contributed by atoms with Gasteiger partial charge in [-0.1, -0.05) is 58.8 Å². The molecule has 0 aliphatic carbocycles. The summed E-state index contributed by atoms with van der Waals surface area (Å²) in [6.45, 7) is 4.03. The van der Waals surface area contributed by atoms with Gasteiger partial charge in [0, 0.05) is 0 Å². The van der Waals surface area contributed by atoms with E-state index < -0.39 is 0 Å². The van der Waals surface area contributed by atoms with E-state index in [4.69, 9.17) is 0 Å². The zero-order valence-electron chi connectivity index (χ0n) is 12.3. The Hall–Kier alpha value is -0.570. The molecule has 0 aromatic rings. The van der Waals surface area contributed by atoms with Crippen molar-refractivity contribution in [2.45, 2.75) is 77.7 Å². The predicted molar refractivity (Wildman–Crippen MR) is 74.4 cm³/mol. The fourth-order valence-electron chi connectivity index (χ4n) is 2.16. The van der Waals surface area contributed by atoms with Crippen molar-refractivity contribution in [2.75, 3.05) is 7.11 Å². The predicted octanol–water partition coefficient (Wildman–Crippen LogP) is 3.69. The Labute approximate surface area is 112 Å². The van der Waals surface area contributed by atoms with Gasteiger partial charge in [-0.25, -0.2) is 0 Å². The Balaban J connectivity index is 3.42. The van der Waals surface area contributed by atoms with Crippen LogP contribution in [0.1, 0.15) is 71.6 Å². The summed E-state index contributed by atoms with van der Waals surface area (Å²) in [6.07, 6.45) is 9.71. The number of ether oxygens (including phenoxy) is 1. The van der Waals surface area contributed by atoms with Crippen LogP contribution in [0.15, 0.2) is 0 Å². The van der Waals surface area contributed by atoms with Gasteiger partial charge in [0.2, 0.25) is 0 Å². The maximum atomic E-state index is 11.2. The van der Waals surface area contributed by atoms with Crippen LogP contribution in [0.25, 0.3) is 0 Å². The molecule has 3 nitrogen and oxygen atoms in total. The van der Waals surface area contributed by atoms with Gasteiger partial charge in [0.15, 0.2) is 0 Å². The van der Waals surface area contributed by atoms with Gasteiger partial charge in [0.05, 0.1) is 19.1 Å². The highest BCUT2D eigenvalue weighted by atomic mass is 16.5. The summed E-state index contributed by atoms with van der Waals surface area (Å²) in [6, 6.07) is 0. The van der Waals surface area contributed by atoms with Gasteiger partial charge >= 0.3 is 5.97 Å². The smallest absolute Gasteiger partial charge is 0.308 e. The van der Waals surface area contributed by atoms with Crippen molar-refractivity contribution >= 4 is 5.97 Å². The van der Waals surface area contributed by atoms with E-state index in [9.17, 15) is 9.90 Å². The second kappa shape index (κ2) is 11.5. The average molecular weight is 258 g/mol. The lowest BCUT2D eigenvalue weighted by Crippen LogP contribution is -2.19. The van der Waals surface area contributed by atoms with Crippen LogP contribution in [0, 0.1) is 5.92 Å². The van der Waals surface area contributed by atoms with E-state index >= 15 is 0 Å². The molecule has 0 aromatic heterocycles. The zero-order valence-corrected chi connectivity index (χ0v) is 12.3. The number of hydrogen-bond donors (Lipinski definition) is 1. The summed E-state index contributed by atoms with van der Waals surface area (Å²) in [5, 5.41) is 9.80. The molecule has 0 saturated carbocycles. The number of hydrogen-bond acceptors (Lipinski definition) is 3. The second-order valence-corrected chi connectivity index (χ2v) is 5.22. The van der Waals surface area contributed by atoms with E-state index in [-0.39, 0.29) is 18.0 Å². The lowest BCUT2D eigenvalue weighted by molar-refractivity contribution is -0.145. The highest BCUT2D eigenvalue weighted by molar-refractivity contribution is 5.71. The van der Waals surface area contributed by atoms with Crippen LogP contribution >= 0.6 is 0 Å². The van der Waals surface area contributed by atoms with Gasteiger partial charge in [-0.2, -0.15) is 0 Å². The lowest BCUT2D eigenvalue weighted by atomic mass is 9.99. The molecule has 2 atom stereocenters. The van der Waals surface area contributed by atoms with E-state index in [1.165, 1.54) is 45.6 Å². The molecule has 2 unspecified atom stereocenters. The first-order chi connectivity index (χ1) is 8.61. The molecule has 0 fully saturated rings. The van der Waals surface area contributed by atoms with Gasteiger partial charge in [-0.15, -0.1) is 0 Å². The van der Waals surface area contributed by atoms with Crippen molar-refractivity contribution in [3.05, 3.63) is 0 Å². The third-order valence-corrected chi connectivity index (χ3v) is 3.37. The molecule has 0 saturated heterocycles. The Bertz CT molecular complexity index is 204. The second-order valence-electron chi connectivity index (χ2n) is 5.22. The monoisotopic (exact) mass is 258 g/mol. The molecule has 0 aliphatic heterocycles. The average Bonchev–Trinajstić information content (AvgIpc) is 2.36. The van der Waals surface area contributed by atoms with Crippen LogP contribution in [0.3, 0.4) is 0 Å². The molecule has 0 rings (SSSR count). The number of carbonyl (C=O) groups excluding carboxylic acids is 1. The van der Waals surface area contributed by atoms with Gasteiger partial charge in [0.25, 0.3) is 0 Å². The molecule has 0 bridgehead atoms. The fourth-order valence-corrected chi connectivity index (χ4v) is 2.16. The minimum Gasteiger partial charge on any atom is -0.469 e. The summed E-state index contributed by atoms with van der Waals surface area (Å²) in [5.74, 6) is -0.428. The van der Waals surface area contributed by atoms with Crippen molar-refractivity contribution in [1.82, 2.24) is 0 Å². The number of aliphatic hydroxyl groups is 1. The van der Waals surface area contributed by atoms with Crippen LogP contribution in [0.5, 0.6) is 0 Å². The topological polar surface area (TPSA) is 46.5 Å². The van der Waals surface area contributed by atoms with E-state index in [1.54, 1.807) is 6.92 Å². The van der Waals surface area contributed by atoms with E-state index in [2.05, 4.69) is 11.7 Å². The molecule has 0 heterocycles. The Morgan fingerprint density at radius 2 is 1.67 bits per heavy atom. The maximum absolute atomic E-state index is 11.2. The molecule has 0 radical (unpaired) electrons. The summed E-state index contributed by atoms with van der Waals surface area (Å²) >= 11 is 0. The lowest BCUT2D eigenvalue weighted by Gasteiger charge is -2.14. The number of methoxy groups -OCH3 is 1. The van der Waals surface area contributed by atoms with Gasteiger partial charge in [0.1, 0.15) is 0 Å². The number of carbonyl (C=O) groups is 1. The van der Waals surface area contributed by atoms with Gasteiger partial charge < -0.3 is 9.84 Å². The van der Waals surface area contributed by atoms with Crippen LogP contribution in [0.2, 0.25) is 0 Å². The number of unbranched alkanes of at least 4 members (excludes halogenated alkanes) is 6. The largest absolute Gasteiger partial charge is 0.469 e. The first-order valence-corrected chi connectivity index (χ1v) is 7.37. The highest BCUT2D eigenvalue weighted by Gasteiger charge is 2.17. The Morgan fingerprint density at radius 3 is 2.22 bits per heavy atom. The zero-order chi connectivity index (χ0) is 13.8. The van der Waals surface area contributed by atoms with E-state index in [0.29, 0.717) is 6.42 Å². The SMILES string of the molecule is CCCCCCCCCC(O)CC(C)C(=O)OC. The molecule has 18 heavy (non-hydrogen) atoms. The van der Waals surface area contributed by atoms with Crippen molar-refractivity contribution in [3.63, 3.8) is 0 Å². The van der Waals surface area contributed by atoms with Crippen LogP contribution in [-0.2, 0) is 9.53 Å². The van der Waals surface area contributed by atoms with Gasteiger partial charge in [-0.3, -0.25) is 4.79 Å². The Morgan fingerprint density at radius 1 is 1.11 bits per heavy atom. The van der Waals surface area contributed by atoms with E-state index in [0.717, 1.165) is 12.8 Å². The van der Waals surface area contributed by atoms with E-state index in [1.807, 2.05) is 0 Å². The molecule has 0 aromatic carbocycles. The quantitative estimate of drug-likeness (QED) is 0.454. The third kappa shape index (κ3) is 9.46. The summed E-state index contributed by atoms with van der Waals surface area (Å²) in [5.41, 5.74) is 0. The molecular formula is C15H30O3. The molecule has 3 heteroatoms. The maximum Gasteiger partial charge on any atom is 0.308 e. The molecule has 0 amide bonds. The standard InChI is InChI=1S/C15H30O3/c1-4-5-6-7-8-9-10-11-14(16)12-13(2)15(17)18-3/h13-14,16H,4-12H2,1-3H3. The van der Waals surface area contributed by atoms with Crippen molar-refractivity contribution in [3.8, 4) is 0 Å². The molecule has 108 valence electrons. The molecule has 1 N–H and O–H groups in total. The number of aliphatic hydroxyl groups excluding tert-OH is 1. The van der Waals surface area contributed by atoms with Gasteiger partial charge in [-0.05, 0) is 12.8 Å². The minimum absolute atomic E-state index is 0.199. The molecular weight excluding hydrogens is 228 g/mol. The highest BCUT2D eigenvalue weighted by Crippen LogP contribution is 2.14. The summed E-state index contributed by atoms with van der Waals surface area (Å²) in [4.78, 5) is 11.2. The summed E-state index contributed by atoms with van der Waals surface area (Å²) < 4.78 is 4.64. The molecule has 0 aliphatic rings. The Kier molecular flexibility index (Phi) is 11.2. The van der Waals surface area contributed by atoms with Crippen molar-refractivity contribution < 1.29 is 14.6 Å². The van der Waals surface area contributed by atoms with Crippen LogP contribution in [0.4, 0.5) is 0 Å².